The summed E-state index contributed by atoms with van der Waals surface area (Å²) in [5.74, 6) is 1.22. The van der Waals surface area contributed by atoms with E-state index < -0.39 is 12.1 Å². The Hall–Kier alpha value is -0.440. The van der Waals surface area contributed by atoms with Crippen LogP contribution in [0, 0.1) is 0 Å². The van der Waals surface area contributed by atoms with Crippen LogP contribution in [0.1, 0.15) is 38.5 Å². The van der Waals surface area contributed by atoms with Gasteiger partial charge in [-0.05, 0) is 38.5 Å². The molecule has 24 heavy (non-hydrogen) atoms. The van der Waals surface area contributed by atoms with Crippen molar-refractivity contribution in [1.82, 2.24) is 9.80 Å². The van der Waals surface area contributed by atoms with Crippen LogP contribution in [0.4, 0.5) is 0 Å². The van der Waals surface area contributed by atoms with E-state index in [9.17, 15) is 9.59 Å². The van der Waals surface area contributed by atoms with E-state index in [0.717, 1.165) is 51.9 Å². The molecule has 2 saturated heterocycles. The minimum atomic E-state index is -0.463. The van der Waals surface area contributed by atoms with Crippen LogP contribution in [0.2, 0.25) is 0 Å². The summed E-state index contributed by atoms with van der Waals surface area (Å²) in [6.45, 7) is 3.33. The fourth-order valence-electron chi connectivity index (χ4n) is 3.08. The van der Waals surface area contributed by atoms with E-state index in [1.807, 2.05) is 9.80 Å². The highest BCUT2D eigenvalue weighted by Gasteiger charge is 2.24. The van der Waals surface area contributed by atoms with Crippen molar-refractivity contribution in [1.29, 1.82) is 0 Å². The van der Waals surface area contributed by atoms with Gasteiger partial charge in [0.1, 0.15) is 0 Å². The third kappa shape index (κ3) is 6.13. The van der Waals surface area contributed by atoms with Crippen molar-refractivity contribution in [2.45, 2.75) is 50.6 Å². The molecule has 0 aromatic rings. The number of hydrogen-bond acceptors (Lipinski definition) is 6. The van der Waals surface area contributed by atoms with Gasteiger partial charge in [-0.25, -0.2) is 0 Å². The summed E-state index contributed by atoms with van der Waals surface area (Å²) in [6, 6.07) is -0.927. The van der Waals surface area contributed by atoms with Crippen LogP contribution >= 0.6 is 21.6 Å². The van der Waals surface area contributed by atoms with Gasteiger partial charge in [0, 0.05) is 37.7 Å². The molecular weight excluding hydrogens is 344 g/mol. The van der Waals surface area contributed by atoms with Gasteiger partial charge in [0.2, 0.25) is 11.8 Å². The van der Waals surface area contributed by atoms with Crippen LogP contribution in [0.15, 0.2) is 0 Å². The van der Waals surface area contributed by atoms with Crippen LogP contribution in [0.25, 0.3) is 0 Å². The Morgan fingerprint density at radius 2 is 1.04 bits per heavy atom. The maximum Gasteiger partial charge on any atom is 0.240 e. The minimum Gasteiger partial charge on any atom is -0.341 e. The summed E-state index contributed by atoms with van der Waals surface area (Å²) in [4.78, 5) is 28.2. The van der Waals surface area contributed by atoms with E-state index in [1.54, 1.807) is 0 Å². The molecule has 0 spiro atoms. The molecule has 138 valence electrons. The quantitative estimate of drug-likeness (QED) is 0.511. The van der Waals surface area contributed by atoms with Crippen molar-refractivity contribution in [2.24, 2.45) is 11.5 Å². The molecule has 0 aromatic heterocycles. The molecule has 2 aliphatic heterocycles. The Morgan fingerprint density at radius 1 is 0.708 bits per heavy atom. The van der Waals surface area contributed by atoms with Gasteiger partial charge in [0.25, 0.3) is 0 Å². The molecule has 6 nitrogen and oxygen atoms in total. The molecule has 0 saturated carbocycles. The van der Waals surface area contributed by atoms with Crippen LogP contribution in [-0.2, 0) is 9.59 Å². The van der Waals surface area contributed by atoms with Gasteiger partial charge in [0.15, 0.2) is 0 Å². The molecule has 2 fully saturated rings. The maximum absolute atomic E-state index is 12.2. The summed E-state index contributed by atoms with van der Waals surface area (Å²) < 4.78 is 0. The number of amides is 2. The number of rotatable bonds is 7. The van der Waals surface area contributed by atoms with Crippen molar-refractivity contribution < 1.29 is 9.59 Å². The van der Waals surface area contributed by atoms with E-state index in [-0.39, 0.29) is 11.8 Å². The van der Waals surface area contributed by atoms with Gasteiger partial charge in [-0.3, -0.25) is 9.59 Å². The molecule has 0 aliphatic carbocycles. The number of hydrogen-bond donors (Lipinski definition) is 2. The predicted molar refractivity (Wildman–Crippen MR) is 102 cm³/mol. The molecule has 0 radical (unpaired) electrons. The van der Waals surface area contributed by atoms with Crippen LogP contribution in [-0.4, -0.2) is 71.4 Å². The zero-order valence-corrected chi connectivity index (χ0v) is 16.0. The van der Waals surface area contributed by atoms with E-state index in [2.05, 4.69) is 0 Å². The molecule has 4 N–H and O–H groups in total. The first-order valence-electron chi connectivity index (χ1n) is 8.92. The molecule has 0 aromatic carbocycles. The summed E-state index contributed by atoms with van der Waals surface area (Å²) in [6.07, 6.45) is 6.71. The maximum atomic E-state index is 12.2. The molecule has 2 aliphatic rings. The summed E-state index contributed by atoms with van der Waals surface area (Å²) in [5, 5.41) is 0. The fraction of sp³-hybridized carbons (Fsp3) is 0.875. The van der Waals surface area contributed by atoms with E-state index in [4.69, 9.17) is 11.5 Å². The molecule has 2 atom stereocenters. The lowest BCUT2D eigenvalue weighted by Crippen LogP contribution is -2.47. The Morgan fingerprint density at radius 3 is 1.38 bits per heavy atom. The molecular formula is C16H30N4O2S2. The fourth-order valence-corrected chi connectivity index (χ4v) is 5.31. The number of nitrogens with two attached hydrogens (primary N) is 2. The lowest BCUT2D eigenvalue weighted by molar-refractivity contribution is -0.133. The first-order valence-corrected chi connectivity index (χ1v) is 11.4. The van der Waals surface area contributed by atoms with Gasteiger partial charge in [-0.2, -0.15) is 0 Å². The summed E-state index contributed by atoms with van der Waals surface area (Å²) >= 11 is 0. The van der Waals surface area contributed by atoms with Crippen LogP contribution in [0.5, 0.6) is 0 Å². The SMILES string of the molecule is NC(CSSC[C@H](N)C(=O)N1CCCCC1)C(=O)N1CCCCC1. The Balaban J connectivity index is 1.60. The Kier molecular flexibility index (Phi) is 8.72. The minimum absolute atomic E-state index is 0.0523. The highest BCUT2D eigenvalue weighted by Crippen LogP contribution is 2.23. The first-order chi connectivity index (χ1) is 11.6. The average Bonchev–Trinajstić information content (AvgIpc) is 2.65. The number of carbonyl (C=O) groups excluding carboxylic acids is 2. The Labute approximate surface area is 152 Å². The topological polar surface area (TPSA) is 92.7 Å². The summed E-state index contributed by atoms with van der Waals surface area (Å²) in [7, 11) is 3.08. The number of nitrogens with zero attached hydrogens (tertiary/aromatic N) is 2. The second-order valence-corrected chi connectivity index (χ2v) is 9.11. The van der Waals surface area contributed by atoms with E-state index in [0.29, 0.717) is 11.5 Å². The van der Waals surface area contributed by atoms with Crippen molar-refractivity contribution >= 4 is 33.4 Å². The largest absolute Gasteiger partial charge is 0.341 e. The second-order valence-electron chi connectivity index (χ2n) is 6.55. The monoisotopic (exact) mass is 374 g/mol. The van der Waals surface area contributed by atoms with E-state index in [1.165, 1.54) is 34.4 Å². The zero-order valence-electron chi connectivity index (χ0n) is 14.3. The van der Waals surface area contributed by atoms with Crippen molar-refractivity contribution in [3.63, 3.8) is 0 Å². The van der Waals surface area contributed by atoms with Crippen LogP contribution < -0.4 is 11.5 Å². The molecule has 0 bridgehead atoms. The molecule has 2 amide bonds. The predicted octanol–water partition coefficient (Wildman–Crippen LogP) is 1.05. The van der Waals surface area contributed by atoms with Gasteiger partial charge < -0.3 is 21.3 Å². The lowest BCUT2D eigenvalue weighted by atomic mass is 10.1. The number of piperidine rings is 2. The molecule has 2 heterocycles. The third-order valence-corrected chi connectivity index (χ3v) is 7.02. The standard InChI is InChI=1S/C16H30N4O2S2/c17-13(15(21)19-7-3-1-4-8-19)11-23-24-12-14(18)16(22)20-9-5-2-6-10-20/h13-14H,1-12,17-18H2/t13-,14?/m0/s1. The summed E-state index contributed by atoms with van der Waals surface area (Å²) in [5.41, 5.74) is 12.0. The highest BCUT2D eigenvalue weighted by atomic mass is 33.1. The van der Waals surface area contributed by atoms with Crippen molar-refractivity contribution in [3.8, 4) is 0 Å². The Bertz CT molecular complexity index is 375. The van der Waals surface area contributed by atoms with Gasteiger partial charge in [-0.1, -0.05) is 21.6 Å². The second kappa shape index (κ2) is 10.5. The number of carbonyl (C=O) groups is 2. The average molecular weight is 375 g/mol. The zero-order chi connectivity index (χ0) is 17.4. The van der Waals surface area contributed by atoms with Crippen LogP contribution in [0.3, 0.4) is 0 Å². The van der Waals surface area contributed by atoms with Crippen molar-refractivity contribution in [2.75, 3.05) is 37.7 Å². The van der Waals surface area contributed by atoms with E-state index >= 15 is 0 Å². The van der Waals surface area contributed by atoms with Gasteiger partial charge >= 0.3 is 0 Å². The first kappa shape index (κ1) is 19.9. The molecule has 1 unspecified atom stereocenters. The van der Waals surface area contributed by atoms with Gasteiger partial charge in [0.05, 0.1) is 12.1 Å². The number of likely N-dealkylation sites (tertiary alicyclic amines) is 2. The van der Waals surface area contributed by atoms with Crippen molar-refractivity contribution in [3.05, 3.63) is 0 Å². The lowest BCUT2D eigenvalue weighted by Gasteiger charge is -2.29. The van der Waals surface area contributed by atoms with Gasteiger partial charge in [-0.15, -0.1) is 0 Å². The molecule has 2 rings (SSSR count). The third-order valence-electron chi connectivity index (χ3n) is 4.55. The highest BCUT2D eigenvalue weighted by molar-refractivity contribution is 8.76. The smallest absolute Gasteiger partial charge is 0.240 e. The normalized spacial score (nSPS) is 21.4. The molecule has 8 heteroatoms.